The molecule has 1 atom stereocenters. The fourth-order valence-corrected chi connectivity index (χ4v) is 3.08. The van der Waals surface area contributed by atoms with Crippen LogP contribution in [0.2, 0.25) is 0 Å². The molecule has 0 aliphatic carbocycles. The zero-order valence-corrected chi connectivity index (χ0v) is 15.6. The van der Waals surface area contributed by atoms with Crippen molar-refractivity contribution in [1.82, 2.24) is 14.9 Å². The molecule has 1 fully saturated rings. The minimum absolute atomic E-state index is 0.245. The van der Waals surface area contributed by atoms with Gasteiger partial charge in [0.2, 0.25) is 5.91 Å². The minimum Gasteiger partial charge on any atom is -0.367 e. The van der Waals surface area contributed by atoms with Crippen LogP contribution in [0.1, 0.15) is 51.5 Å². The van der Waals surface area contributed by atoms with Gasteiger partial charge in [-0.05, 0) is 26.0 Å². The van der Waals surface area contributed by atoms with Crippen molar-refractivity contribution in [3.05, 3.63) is 18.1 Å². The van der Waals surface area contributed by atoms with E-state index in [-0.39, 0.29) is 11.3 Å². The highest BCUT2D eigenvalue weighted by atomic mass is 32.2. The Balaban J connectivity index is 1.91. The van der Waals surface area contributed by atoms with Crippen molar-refractivity contribution in [3.63, 3.8) is 0 Å². The maximum atomic E-state index is 12.3. The number of nitrogens with zero attached hydrogens (tertiary/aromatic N) is 3. The van der Waals surface area contributed by atoms with Gasteiger partial charge in [0, 0.05) is 35.9 Å². The topological polar surface area (TPSA) is 58.1 Å². The van der Waals surface area contributed by atoms with Gasteiger partial charge in [-0.25, -0.2) is 9.97 Å². The first-order valence-electron chi connectivity index (χ1n) is 8.22. The number of amides is 1. The Morgan fingerprint density at radius 3 is 2.57 bits per heavy atom. The Hall–Kier alpha value is -1.30. The van der Waals surface area contributed by atoms with Crippen LogP contribution in [0.5, 0.6) is 0 Å². The molecule has 1 aliphatic heterocycles. The summed E-state index contributed by atoms with van der Waals surface area (Å²) in [6, 6.07) is 2.40. The standard InChI is InChI=1S/C17H28N4OS/c1-12(23-5)14-10-15(19-11-18-14)20-13-6-8-21(9-7-13)16(22)17(2,3)4/h10-13H,6-9H2,1-5H3,(H,18,19,20). The second-order valence-corrected chi connectivity index (χ2v) is 8.35. The number of thioether (sulfide) groups is 1. The first kappa shape index (κ1) is 18.0. The highest BCUT2D eigenvalue weighted by molar-refractivity contribution is 7.98. The number of hydrogen-bond acceptors (Lipinski definition) is 5. The number of piperidine rings is 1. The SMILES string of the molecule is CSC(C)c1cc(NC2CCN(C(=O)C(C)(C)C)CC2)ncn1. The fourth-order valence-electron chi connectivity index (χ4n) is 2.70. The summed E-state index contributed by atoms with van der Waals surface area (Å²) in [6.07, 6.45) is 5.63. The Bertz CT molecular complexity index is 536. The summed E-state index contributed by atoms with van der Waals surface area (Å²) >= 11 is 1.78. The molecule has 1 aliphatic rings. The molecule has 0 saturated carbocycles. The average molecular weight is 337 g/mol. The molecular weight excluding hydrogens is 308 g/mol. The van der Waals surface area contributed by atoms with Gasteiger partial charge in [-0.2, -0.15) is 11.8 Å². The molecule has 0 bridgehead atoms. The Morgan fingerprint density at radius 2 is 2.00 bits per heavy atom. The molecule has 1 unspecified atom stereocenters. The average Bonchev–Trinajstić information content (AvgIpc) is 2.53. The molecule has 2 heterocycles. The third-order valence-corrected chi connectivity index (χ3v) is 5.18. The Labute approximate surface area is 143 Å². The summed E-state index contributed by atoms with van der Waals surface area (Å²) in [5.74, 6) is 1.13. The minimum atomic E-state index is -0.296. The van der Waals surface area contributed by atoms with E-state index < -0.39 is 0 Å². The highest BCUT2D eigenvalue weighted by Gasteiger charge is 2.30. The molecule has 1 aromatic heterocycles. The summed E-state index contributed by atoms with van der Waals surface area (Å²) in [4.78, 5) is 23.0. The fraction of sp³-hybridized carbons (Fsp3) is 0.706. The van der Waals surface area contributed by atoms with Gasteiger partial charge in [0.15, 0.2) is 0 Å². The summed E-state index contributed by atoms with van der Waals surface area (Å²) in [7, 11) is 0. The van der Waals surface area contributed by atoms with E-state index >= 15 is 0 Å². The van der Waals surface area contributed by atoms with Crippen LogP contribution in [0, 0.1) is 5.41 Å². The molecule has 0 spiro atoms. The van der Waals surface area contributed by atoms with Crippen LogP contribution in [0.25, 0.3) is 0 Å². The smallest absolute Gasteiger partial charge is 0.227 e. The molecule has 1 N–H and O–H groups in total. The Morgan fingerprint density at radius 1 is 1.35 bits per heavy atom. The second-order valence-electron chi connectivity index (χ2n) is 7.17. The van der Waals surface area contributed by atoms with Crippen LogP contribution in [0.3, 0.4) is 0 Å². The third-order valence-electron chi connectivity index (χ3n) is 4.23. The van der Waals surface area contributed by atoms with E-state index in [4.69, 9.17) is 0 Å². The molecule has 1 saturated heterocycles. The van der Waals surface area contributed by atoms with Crippen LogP contribution in [-0.2, 0) is 4.79 Å². The molecule has 2 rings (SSSR count). The molecule has 1 aromatic rings. The first-order chi connectivity index (χ1) is 10.8. The zero-order chi connectivity index (χ0) is 17.0. The molecule has 5 nitrogen and oxygen atoms in total. The molecule has 0 radical (unpaired) electrons. The number of aromatic nitrogens is 2. The van der Waals surface area contributed by atoms with Gasteiger partial charge in [0.1, 0.15) is 12.1 Å². The summed E-state index contributed by atoms with van der Waals surface area (Å²) in [6.45, 7) is 9.71. The summed E-state index contributed by atoms with van der Waals surface area (Å²) in [5.41, 5.74) is 0.755. The van der Waals surface area contributed by atoms with Gasteiger partial charge in [-0.15, -0.1) is 0 Å². The second kappa shape index (κ2) is 7.51. The van der Waals surface area contributed by atoms with Crippen LogP contribution < -0.4 is 5.32 Å². The predicted molar refractivity (Wildman–Crippen MR) is 96.6 cm³/mol. The van der Waals surface area contributed by atoms with E-state index in [1.54, 1.807) is 18.1 Å². The Kier molecular flexibility index (Phi) is 5.89. The largest absolute Gasteiger partial charge is 0.367 e. The lowest BCUT2D eigenvalue weighted by atomic mass is 9.93. The van der Waals surface area contributed by atoms with Crippen LogP contribution in [0.4, 0.5) is 5.82 Å². The molecule has 0 aromatic carbocycles. The highest BCUT2D eigenvalue weighted by Crippen LogP contribution is 2.26. The maximum absolute atomic E-state index is 12.3. The number of carbonyl (C=O) groups is 1. The van der Waals surface area contributed by atoms with Crippen molar-refractivity contribution in [1.29, 1.82) is 0 Å². The van der Waals surface area contributed by atoms with Gasteiger partial charge in [0.05, 0.1) is 5.69 Å². The molecule has 1 amide bonds. The summed E-state index contributed by atoms with van der Waals surface area (Å²) < 4.78 is 0. The third kappa shape index (κ3) is 4.83. The number of likely N-dealkylation sites (tertiary alicyclic amines) is 1. The van der Waals surface area contributed by atoms with Crippen molar-refractivity contribution >= 4 is 23.5 Å². The molecule has 128 valence electrons. The number of rotatable bonds is 4. The number of nitrogens with one attached hydrogen (secondary N) is 1. The van der Waals surface area contributed by atoms with Crippen LogP contribution in [-0.4, -0.2) is 46.2 Å². The molecule has 6 heteroatoms. The van der Waals surface area contributed by atoms with Crippen molar-refractivity contribution in [2.45, 2.75) is 51.8 Å². The quantitative estimate of drug-likeness (QED) is 0.914. The van der Waals surface area contributed by atoms with Gasteiger partial charge in [-0.3, -0.25) is 4.79 Å². The number of hydrogen-bond donors (Lipinski definition) is 1. The van der Waals surface area contributed by atoms with E-state index in [2.05, 4.69) is 28.5 Å². The van der Waals surface area contributed by atoms with Gasteiger partial charge in [-0.1, -0.05) is 20.8 Å². The van der Waals surface area contributed by atoms with Crippen molar-refractivity contribution in [2.75, 3.05) is 24.7 Å². The van der Waals surface area contributed by atoms with E-state index in [0.717, 1.165) is 37.4 Å². The monoisotopic (exact) mass is 336 g/mol. The van der Waals surface area contributed by atoms with Gasteiger partial charge in [0.25, 0.3) is 0 Å². The normalized spacial score (nSPS) is 17.9. The van der Waals surface area contributed by atoms with E-state index in [0.29, 0.717) is 11.3 Å². The molecule has 23 heavy (non-hydrogen) atoms. The van der Waals surface area contributed by atoms with E-state index in [9.17, 15) is 4.79 Å². The first-order valence-corrected chi connectivity index (χ1v) is 9.50. The van der Waals surface area contributed by atoms with Crippen LogP contribution >= 0.6 is 11.8 Å². The van der Waals surface area contributed by atoms with Gasteiger partial charge >= 0.3 is 0 Å². The predicted octanol–water partition coefficient (Wildman–Crippen LogP) is 3.35. The number of anilines is 1. The van der Waals surface area contributed by atoms with Crippen molar-refractivity contribution in [3.8, 4) is 0 Å². The van der Waals surface area contributed by atoms with Crippen molar-refractivity contribution < 1.29 is 4.79 Å². The lowest BCUT2D eigenvalue weighted by Crippen LogP contribution is -2.46. The van der Waals surface area contributed by atoms with Crippen LogP contribution in [0.15, 0.2) is 12.4 Å². The molecular formula is C17H28N4OS. The van der Waals surface area contributed by atoms with E-state index in [1.807, 2.05) is 31.7 Å². The number of carbonyl (C=O) groups excluding carboxylic acids is 1. The summed E-state index contributed by atoms with van der Waals surface area (Å²) in [5, 5.41) is 3.87. The lowest BCUT2D eigenvalue weighted by molar-refractivity contribution is -0.140. The maximum Gasteiger partial charge on any atom is 0.227 e. The van der Waals surface area contributed by atoms with E-state index in [1.165, 1.54) is 0 Å². The zero-order valence-electron chi connectivity index (χ0n) is 14.8. The van der Waals surface area contributed by atoms with Crippen molar-refractivity contribution in [2.24, 2.45) is 5.41 Å². The lowest BCUT2D eigenvalue weighted by Gasteiger charge is -2.36. The van der Waals surface area contributed by atoms with Gasteiger partial charge < -0.3 is 10.2 Å².